The van der Waals surface area contributed by atoms with Gasteiger partial charge in [-0.3, -0.25) is 19.7 Å². The van der Waals surface area contributed by atoms with Gasteiger partial charge in [-0.25, -0.2) is 14.5 Å². The van der Waals surface area contributed by atoms with Crippen LogP contribution < -0.4 is 0 Å². The van der Waals surface area contributed by atoms with Crippen molar-refractivity contribution in [3.05, 3.63) is 105 Å². The molecule has 220 valence electrons. The number of thiophene rings is 1. The van der Waals surface area contributed by atoms with Crippen LogP contribution >= 0.6 is 34.9 Å². The highest BCUT2D eigenvalue weighted by Gasteiger charge is 2.57. The fourth-order valence-corrected chi connectivity index (χ4v) is 7.96. The van der Waals surface area contributed by atoms with Crippen LogP contribution in [0.5, 0.6) is 0 Å². The predicted octanol–water partition coefficient (Wildman–Crippen LogP) is 3.69. The number of hydrogen-bond donors (Lipinski definition) is 1. The van der Waals surface area contributed by atoms with Crippen molar-refractivity contribution in [3.63, 3.8) is 0 Å². The summed E-state index contributed by atoms with van der Waals surface area (Å²) in [7, 11) is 1.72. The highest BCUT2D eigenvalue weighted by molar-refractivity contribution is 8.01. The van der Waals surface area contributed by atoms with Crippen LogP contribution in [-0.2, 0) is 32.6 Å². The SMILES string of the molecule is Cn1nnnc1SCC1=C(C(=O)OC(c2ccccc2)c2ccccc2)N2C(=O)C(N(O)C(=O)Cc3cccs3)[C@H]2SC1. The zero-order chi connectivity index (χ0) is 29.9. The molecule has 2 aromatic heterocycles. The number of hydrogen-bond acceptors (Lipinski definition) is 11. The number of benzene rings is 2. The Morgan fingerprint density at radius 1 is 1.09 bits per heavy atom. The van der Waals surface area contributed by atoms with Crippen LogP contribution in [0.3, 0.4) is 0 Å². The van der Waals surface area contributed by atoms with E-state index in [4.69, 9.17) is 4.74 Å². The van der Waals surface area contributed by atoms with Gasteiger partial charge in [-0.2, -0.15) is 0 Å². The molecule has 1 N–H and O–H groups in total. The smallest absolute Gasteiger partial charge is 0.356 e. The number of amides is 2. The molecule has 1 unspecified atom stereocenters. The van der Waals surface area contributed by atoms with Crippen molar-refractivity contribution in [3.8, 4) is 0 Å². The van der Waals surface area contributed by atoms with E-state index in [-0.39, 0.29) is 12.1 Å². The first-order chi connectivity index (χ1) is 20.9. The third kappa shape index (κ3) is 5.95. The summed E-state index contributed by atoms with van der Waals surface area (Å²) in [6, 6.07) is 21.3. The summed E-state index contributed by atoms with van der Waals surface area (Å²) in [5.74, 6) is -1.10. The van der Waals surface area contributed by atoms with Gasteiger partial charge in [-0.15, -0.1) is 28.2 Å². The zero-order valence-electron chi connectivity index (χ0n) is 22.8. The molecule has 4 heterocycles. The average Bonchev–Trinajstić information content (AvgIpc) is 3.70. The summed E-state index contributed by atoms with van der Waals surface area (Å²) < 4.78 is 7.70. The fourth-order valence-electron chi connectivity index (χ4n) is 4.90. The summed E-state index contributed by atoms with van der Waals surface area (Å²) in [5, 5.41) is 24.6. The van der Waals surface area contributed by atoms with Crippen LogP contribution in [-0.4, -0.2) is 76.1 Å². The number of β-lactam (4-membered cyclic amide) rings is 1. The number of nitrogens with zero attached hydrogens (tertiary/aromatic N) is 6. The van der Waals surface area contributed by atoms with Gasteiger partial charge >= 0.3 is 5.97 Å². The van der Waals surface area contributed by atoms with E-state index in [1.807, 2.05) is 72.1 Å². The Morgan fingerprint density at radius 3 is 2.40 bits per heavy atom. The van der Waals surface area contributed by atoms with E-state index in [1.165, 1.54) is 44.4 Å². The molecule has 1 saturated heterocycles. The molecule has 2 aromatic carbocycles. The molecule has 0 aliphatic carbocycles. The Labute approximate surface area is 259 Å². The molecule has 14 heteroatoms. The summed E-state index contributed by atoms with van der Waals surface area (Å²) in [6.07, 6.45) is -0.745. The van der Waals surface area contributed by atoms with Crippen molar-refractivity contribution >= 4 is 52.6 Å². The number of ether oxygens (including phenoxy) is 1. The lowest BCUT2D eigenvalue weighted by molar-refractivity contribution is -0.197. The number of hydroxylamine groups is 2. The van der Waals surface area contributed by atoms with Gasteiger partial charge in [0.15, 0.2) is 12.1 Å². The molecule has 0 bridgehead atoms. The van der Waals surface area contributed by atoms with E-state index in [0.717, 1.165) is 16.0 Å². The maximum absolute atomic E-state index is 14.1. The third-order valence-electron chi connectivity index (χ3n) is 7.02. The van der Waals surface area contributed by atoms with E-state index < -0.39 is 35.3 Å². The Morgan fingerprint density at radius 2 is 1.79 bits per heavy atom. The van der Waals surface area contributed by atoms with Gasteiger partial charge in [-0.05, 0) is 38.6 Å². The fraction of sp³-hybridized carbons (Fsp3) is 0.241. The molecule has 4 aromatic rings. The molecule has 2 atom stereocenters. The molecule has 6 rings (SSSR count). The molecule has 2 amide bonds. The first-order valence-corrected chi connectivity index (χ1v) is 16.2. The Bertz CT molecular complexity index is 1610. The Balaban J connectivity index is 1.29. The average molecular weight is 635 g/mol. The number of rotatable bonds is 10. The normalized spacial score (nSPS) is 17.9. The first kappa shape index (κ1) is 29.1. The third-order valence-corrected chi connectivity index (χ3v) is 10.3. The summed E-state index contributed by atoms with van der Waals surface area (Å²) >= 11 is 4.11. The Kier molecular flexibility index (Phi) is 8.61. The maximum Gasteiger partial charge on any atom is 0.356 e. The van der Waals surface area contributed by atoms with Crippen LogP contribution in [0, 0.1) is 0 Å². The van der Waals surface area contributed by atoms with Crippen LogP contribution in [0.2, 0.25) is 0 Å². The number of thioether (sulfide) groups is 2. The van der Waals surface area contributed by atoms with Gasteiger partial charge in [0, 0.05) is 23.4 Å². The number of tetrazole rings is 1. The quantitative estimate of drug-likeness (QED) is 0.0906. The van der Waals surface area contributed by atoms with E-state index in [0.29, 0.717) is 27.3 Å². The van der Waals surface area contributed by atoms with Gasteiger partial charge in [0.25, 0.3) is 11.8 Å². The molecule has 2 aliphatic rings. The van der Waals surface area contributed by atoms with E-state index in [2.05, 4.69) is 15.5 Å². The first-order valence-electron chi connectivity index (χ1n) is 13.3. The molecule has 11 nitrogen and oxygen atoms in total. The highest BCUT2D eigenvalue weighted by Crippen LogP contribution is 2.44. The molecule has 1 fully saturated rings. The number of esters is 1. The van der Waals surface area contributed by atoms with Crippen LogP contribution in [0.1, 0.15) is 22.1 Å². The van der Waals surface area contributed by atoms with E-state index >= 15 is 0 Å². The van der Waals surface area contributed by atoms with Crippen molar-refractivity contribution in [1.82, 2.24) is 30.2 Å². The molecule has 0 radical (unpaired) electrons. The molecule has 0 saturated carbocycles. The molecule has 43 heavy (non-hydrogen) atoms. The minimum absolute atomic E-state index is 0.0243. The van der Waals surface area contributed by atoms with Crippen molar-refractivity contribution in [2.75, 3.05) is 11.5 Å². The van der Waals surface area contributed by atoms with Crippen molar-refractivity contribution < 1.29 is 24.3 Å². The monoisotopic (exact) mass is 634 g/mol. The minimum Gasteiger partial charge on any atom is -0.448 e. The lowest BCUT2D eigenvalue weighted by Crippen LogP contribution is -2.71. The van der Waals surface area contributed by atoms with Crippen LogP contribution in [0.4, 0.5) is 0 Å². The van der Waals surface area contributed by atoms with Crippen LogP contribution in [0.25, 0.3) is 0 Å². The number of aryl methyl sites for hydroxylation is 1. The largest absolute Gasteiger partial charge is 0.448 e. The topological polar surface area (TPSA) is 131 Å². The van der Waals surface area contributed by atoms with E-state index in [1.54, 1.807) is 13.1 Å². The second-order valence-electron chi connectivity index (χ2n) is 9.78. The number of carbonyl (C=O) groups is 3. The zero-order valence-corrected chi connectivity index (χ0v) is 25.3. The van der Waals surface area contributed by atoms with Crippen molar-refractivity contribution in [2.45, 2.75) is 29.1 Å². The maximum atomic E-state index is 14.1. The molecular weight excluding hydrogens is 609 g/mol. The van der Waals surface area contributed by atoms with Crippen LogP contribution in [0.15, 0.2) is 94.6 Å². The highest BCUT2D eigenvalue weighted by atomic mass is 32.2. The van der Waals surface area contributed by atoms with Gasteiger partial charge in [0.05, 0.1) is 6.42 Å². The summed E-state index contributed by atoms with van der Waals surface area (Å²) in [6.45, 7) is 0. The van der Waals surface area contributed by atoms with Gasteiger partial charge in [0.2, 0.25) is 5.16 Å². The lowest BCUT2D eigenvalue weighted by atomic mass is 10.0. The second kappa shape index (κ2) is 12.7. The van der Waals surface area contributed by atoms with Gasteiger partial charge < -0.3 is 4.74 Å². The summed E-state index contributed by atoms with van der Waals surface area (Å²) in [5.41, 5.74) is 2.34. The number of carbonyl (C=O) groups excluding carboxylic acids is 3. The molecule has 2 aliphatic heterocycles. The second-order valence-corrected chi connectivity index (χ2v) is 12.9. The number of fused-ring (bicyclic) bond motifs is 1. The number of aromatic nitrogens is 4. The summed E-state index contributed by atoms with van der Waals surface area (Å²) in [4.78, 5) is 42.6. The van der Waals surface area contributed by atoms with Crippen molar-refractivity contribution in [1.29, 1.82) is 0 Å². The Hall–Kier alpha value is -3.98. The molecular formula is C29H26N6O5S3. The van der Waals surface area contributed by atoms with Gasteiger partial charge in [-0.1, -0.05) is 78.5 Å². The lowest BCUT2D eigenvalue weighted by Gasteiger charge is -2.51. The standard InChI is InChI=1S/C29H26N6O5S3/c1-33-29(30-31-32-33)43-17-20-16-42-27-24(35(39)22(36)15-21-13-8-14-41-21)26(37)34(27)23(20)28(38)40-25(18-9-4-2-5-10-18)19-11-6-3-7-12-19/h2-14,24-25,27,39H,15-17H2,1H3/t24?,27-/m1/s1. The van der Waals surface area contributed by atoms with Gasteiger partial charge in [0.1, 0.15) is 11.1 Å². The molecule has 0 spiro atoms. The van der Waals surface area contributed by atoms with E-state index in [9.17, 15) is 19.6 Å². The minimum atomic E-state index is -1.11. The van der Waals surface area contributed by atoms with Crippen molar-refractivity contribution in [2.24, 2.45) is 7.05 Å². The predicted molar refractivity (Wildman–Crippen MR) is 161 cm³/mol.